The van der Waals surface area contributed by atoms with Crippen molar-refractivity contribution in [3.8, 4) is 5.88 Å². The number of hydrogen-bond donors (Lipinski definition) is 2. The number of hydrogen-bond acceptors (Lipinski definition) is 3. The molecule has 1 heterocycles. The number of ether oxygens (including phenoxy) is 1. The number of nitrogens with one attached hydrogen (secondary N) is 2. The van der Waals surface area contributed by atoms with E-state index < -0.39 is 0 Å². The Kier molecular flexibility index (Phi) is 6.00. The molecule has 1 aromatic carbocycles. The highest BCUT2D eigenvalue weighted by Gasteiger charge is 2.16. The van der Waals surface area contributed by atoms with Crippen LogP contribution in [0.15, 0.2) is 36.5 Å². The summed E-state index contributed by atoms with van der Waals surface area (Å²) in [7, 11) is 0. The largest absolute Gasteiger partial charge is 0.474 e. The first-order valence-corrected chi connectivity index (χ1v) is 8.97. The summed E-state index contributed by atoms with van der Waals surface area (Å²) in [6.07, 6.45) is 6.62. The summed E-state index contributed by atoms with van der Waals surface area (Å²) in [5.74, 6) is 0.630. The lowest BCUT2D eigenvalue weighted by atomic mass is 10.3. The van der Waals surface area contributed by atoms with Crippen molar-refractivity contribution in [3.63, 3.8) is 0 Å². The van der Waals surface area contributed by atoms with Crippen LogP contribution < -0.4 is 15.4 Å². The monoisotopic (exact) mass is 379 g/mol. The fourth-order valence-corrected chi connectivity index (χ4v) is 3.04. The molecule has 0 bridgehead atoms. The Hall–Kier alpha value is -1.98. The highest BCUT2D eigenvalue weighted by molar-refractivity contribution is 6.35. The van der Waals surface area contributed by atoms with Gasteiger partial charge in [0.15, 0.2) is 0 Å². The number of carbonyl (C=O) groups excluding carboxylic acids is 1. The highest BCUT2D eigenvalue weighted by atomic mass is 35.5. The minimum Gasteiger partial charge on any atom is -0.474 e. The summed E-state index contributed by atoms with van der Waals surface area (Å²) in [5.41, 5.74) is 1.34. The van der Waals surface area contributed by atoms with E-state index in [2.05, 4.69) is 15.6 Å². The van der Waals surface area contributed by atoms with Crippen LogP contribution in [0, 0.1) is 0 Å². The molecule has 0 unspecified atom stereocenters. The second-order valence-electron chi connectivity index (χ2n) is 5.96. The van der Waals surface area contributed by atoms with Gasteiger partial charge in [-0.15, -0.1) is 0 Å². The lowest BCUT2D eigenvalue weighted by Gasteiger charge is -2.12. The number of amides is 2. The summed E-state index contributed by atoms with van der Waals surface area (Å²) in [6, 6.07) is 8.25. The zero-order valence-electron chi connectivity index (χ0n) is 13.6. The zero-order chi connectivity index (χ0) is 17.6. The van der Waals surface area contributed by atoms with Gasteiger partial charge < -0.3 is 15.4 Å². The summed E-state index contributed by atoms with van der Waals surface area (Å²) in [5, 5.41) is 6.35. The van der Waals surface area contributed by atoms with Gasteiger partial charge in [0.05, 0.1) is 10.7 Å². The highest BCUT2D eigenvalue weighted by Crippen LogP contribution is 2.25. The van der Waals surface area contributed by atoms with Crippen molar-refractivity contribution in [2.45, 2.75) is 38.3 Å². The number of halogens is 2. The van der Waals surface area contributed by atoms with Gasteiger partial charge in [0.1, 0.15) is 6.10 Å². The third-order valence-corrected chi connectivity index (χ3v) is 4.58. The van der Waals surface area contributed by atoms with Gasteiger partial charge in [-0.05, 0) is 49.4 Å². The van der Waals surface area contributed by atoms with Crippen LogP contribution >= 0.6 is 23.2 Å². The molecule has 1 aliphatic carbocycles. The van der Waals surface area contributed by atoms with E-state index in [4.69, 9.17) is 27.9 Å². The van der Waals surface area contributed by atoms with E-state index in [0.717, 1.165) is 18.4 Å². The Morgan fingerprint density at radius 2 is 2.00 bits per heavy atom. The molecule has 2 amide bonds. The molecule has 7 heteroatoms. The van der Waals surface area contributed by atoms with Crippen molar-refractivity contribution in [1.82, 2.24) is 10.3 Å². The van der Waals surface area contributed by atoms with Crippen LogP contribution in [-0.4, -0.2) is 17.1 Å². The van der Waals surface area contributed by atoms with E-state index in [0.29, 0.717) is 28.2 Å². The summed E-state index contributed by atoms with van der Waals surface area (Å²) in [4.78, 5) is 16.3. The predicted molar refractivity (Wildman–Crippen MR) is 99.4 cm³/mol. The molecule has 132 valence electrons. The SMILES string of the molecule is O=C(NCc1ccc(OC2CCCC2)nc1)Nc1cc(Cl)ccc1Cl. The maximum atomic E-state index is 12.0. The predicted octanol–water partition coefficient (Wildman–Crippen LogP) is 5.03. The van der Waals surface area contributed by atoms with Gasteiger partial charge in [-0.1, -0.05) is 29.3 Å². The molecule has 1 aliphatic rings. The van der Waals surface area contributed by atoms with Crippen molar-refractivity contribution in [3.05, 3.63) is 52.1 Å². The molecule has 0 radical (unpaired) electrons. The molecular weight excluding hydrogens is 361 g/mol. The Balaban J connectivity index is 1.49. The Morgan fingerprint density at radius 1 is 1.20 bits per heavy atom. The molecule has 0 saturated heterocycles. The topological polar surface area (TPSA) is 63.2 Å². The van der Waals surface area contributed by atoms with Crippen LogP contribution in [0.3, 0.4) is 0 Å². The second kappa shape index (κ2) is 8.41. The van der Waals surface area contributed by atoms with E-state index in [-0.39, 0.29) is 12.1 Å². The number of urea groups is 1. The van der Waals surface area contributed by atoms with Gasteiger partial charge in [-0.3, -0.25) is 0 Å². The van der Waals surface area contributed by atoms with Gasteiger partial charge in [0, 0.05) is 23.8 Å². The molecule has 5 nitrogen and oxygen atoms in total. The second-order valence-corrected chi connectivity index (χ2v) is 6.80. The molecule has 3 rings (SSSR count). The van der Waals surface area contributed by atoms with E-state index in [1.165, 1.54) is 12.8 Å². The maximum Gasteiger partial charge on any atom is 0.319 e. The molecule has 1 aromatic heterocycles. The van der Waals surface area contributed by atoms with Gasteiger partial charge in [0.25, 0.3) is 0 Å². The summed E-state index contributed by atoms with van der Waals surface area (Å²) >= 11 is 11.9. The minimum absolute atomic E-state index is 0.282. The number of nitrogens with zero attached hydrogens (tertiary/aromatic N) is 1. The molecule has 1 saturated carbocycles. The van der Waals surface area contributed by atoms with Crippen molar-refractivity contribution in [2.75, 3.05) is 5.32 Å². The Bertz CT molecular complexity index is 732. The van der Waals surface area contributed by atoms with Gasteiger partial charge in [0.2, 0.25) is 5.88 Å². The fourth-order valence-electron chi connectivity index (χ4n) is 2.70. The van der Waals surface area contributed by atoms with Crippen molar-refractivity contribution in [1.29, 1.82) is 0 Å². The average Bonchev–Trinajstić information content (AvgIpc) is 3.10. The van der Waals surface area contributed by atoms with Crippen LogP contribution in [0.4, 0.5) is 10.5 Å². The van der Waals surface area contributed by atoms with Crippen molar-refractivity contribution in [2.24, 2.45) is 0 Å². The van der Waals surface area contributed by atoms with E-state index in [1.54, 1.807) is 24.4 Å². The van der Waals surface area contributed by atoms with Gasteiger partial charge >= 0.3 is 6.03 Å². The maximum absolute atomic E-state index is 12.0. The van der Waals surface area contributed by atoms with E-state index >= 15 is 0 Å². The molecule has 2 N–H and O–H groups in total. The first-order chi connectivity index (χ1) is 12.1. The first-order valence-electron chi connectivity index (χ1n) is 8.21. The van der Waals surface area contributed by atoms with Gasteiger partial charge in [-0.2, -0.15) is 0 Å². The molecule has 0 aliphatic heterocycles. The minimum atomic E-state index is -0.365. The molecule has 2 aromatic rings. The van der Waals surface area contributed by atoms with Crippen LogP contribution in [0.1, 0.15) is 31.2 Å². The number of pyridine rings is 1. The smallest absolute Gasteiger partial charge is 0.319 e. The fraction of sp³-hybridized carbons (Fsp3) is 0.333. The standard InChI is InChI=1S/C18H19Cl2N3O2/c19-13-6-7-15(20)16(9-13)23-18(24)22-11-12-5-8-17(21-10-12)25-14-3-1-2-4-14/h5-10,14H,1-4,11H2,(H2,22,23,24). The van der Waals surface area contributed by atoms with Crippen LogP contribution in [0.5, 0.6) is 5.88 Å². The Morgan fingerprint density at radius 3 is 2.72 bits per heavy atom. The lowest BCUT2D eigenvalue weighted by Crippen LogP contribution is -2.28. The van der Waals surface area contributed by atoms with Crippen molar-refractivity contribution < 1.29 is 9.53 Å². The number of rotatable bonds is 5. The third kappa shape index (κ3) is 5.25. The molecule has 0 spiro atoms. The third-order valence-electron chi connectivity index (χ3n) is 4.02. The zero-order valence-corrected chi connectivity index (χ0v) is 15.1. The molecule has 25 heavy (non-hydrogen) atoms. The summed E-state index contributed by atoms with van der Waals surface area (Å²) < 4.78 is 5.82. The number of aromatic nitrogens is 1. The number of anilines is 1. The van der Waals surface area contributed by atoms with Crippen LogP contribution in [0.2, 0.25) is 10.0 Å². The molecule has 0 atom stereocenters. The quantitative estimate of drug-likeness (QED) is 0.765. The van der Waals surface area contributed by atoms with Crippen LogP contribution in [-0.2, 0) is 6.54 Å². The summed E-state index contributed by atoms with van der Waals surface area (Å²) in [6.45, 7) is 0.348. The van der Waals surface area contributed by atoms with E-state index in [1.807, 2.05) is 12.1 Å². The van der Waals surface area contributed by atoms with Crippen molar-refractivity contribution >= 4 is 34.9 Å². The molecule has 1 fully saturated rings. The molecular formula is C18H19Cl2N3O2. The lowest BCUT2D eigenvalue weighted by molar-refractivity contribution is 0.201. The van der Waals surface area contributed by atoms with Crippen LogP contribution in [0.25, 0.3) is 0 Å². The average molecular weight is 380 g/mol. The number of carbonyl (C=O) groups is 1. The van der Waals surface area contributed by atoms with E-state index in [9.17, 15) is 4.79 Å². The Labute approximate surface area is 156 Å². The normalized spacial score (nSPS) is 14.3. The number of benzene rings is 1. The van der Waals surface area contributed by atoms with Gasteiger partial charge in [-0.25, -0.2) is 9.78 Å². The first kappa shape index (κ1) is 17.8.